The van der Waals surface area contributed by atoms with Gasteiger partial charge in [-0.15, -0.1) is 19.6 Å². The standard InChI is InChI=1S/C33H45N4O6S3.C6H16N2.CNS.2Fe.H2O/c1-22-16-25(4)31(26(5)17-22)44(38,39)34-10-13-37(14-11-35-45(40,41)32-27(6)18-23(2)19-28(32)7)15-12-36-46(42,43)33-29(8)20-24(3)21-30(33)9;1-7(2)5-6-8(3)4;2-1-3;;;/h16-21H,10-15H2,1-9H3;5-6H2,1-4H3;;;;1H2/q-3;;-1;2*+4;/p-1. The number of nitrogens with zero attached hydrogens (tertiary/aromatic N) is 7. The van der Waals surface area contributed by atoms with Gasteiger partial charge in [0.25, 0.3) is 0 Å². The summed E-state index contributed by atoms with van der Waals surface area (Å²) in [6.45, 7) is 18.4. The predicted molar refractivity (Wildman–Crippen MR) is 240 cm³/mol. The van der Waals surface area contributed by atoms with Crippen molar-refractivity contribution >= 4 is 47.4 Å². The van der Waals surface area contributed by atoms with Crippen LogP contribution in [-0.2, 0) is 64.2 Å². The molecule has 0 radical (unpaired) electrons. The van der Waals surface area contributed by atoms with E-state index >= 15 is 0 Å². The molecule has 60 heavy (non-hydrogen) atoms. The summed E-state index contributed by atoms with van der Waals surface area (Å²) in [4.78, 5) is 6.59. The first kappa shape index (κ1) is 62.4. The van der Waals surface area contributed by atoms with Crippen molar-refractivity contribution in [2.75, 3.05) is 80.5 Å². The fourth-order valence-corrected chi connectivity index (χ4v) is 10.7. The molecule has 0 atom stereocenters. The van der Waals surface area contributed by atoms with E-state index in [1.165, 1.54) is 5.16 Å². The molecule has 1 N–H and O–H groups in total. The van der Waals surface area contributed by atoms with Crippen LogP contribution in [0.15, 0.2) is 51.1 Å². The second kappa shape index (κ2) is 28.7. The van der Waals surface area contributed by atoms with Crippen LogP contribution in [0.3, 0.4) is 0 Å². The van der Waals surface area contributed by atoms with Crippen molar-refractivity contribution in [1.29, 1.82) is 0 Å². The van der Waals surface area contributed by atoms with E-state index in [0.29, 0.717) is 33.4 Å². The first-order chi connectivity index (χ1) is 26.3. The molecule has 0 saturated heterocycles. The van der Waals surface area contributed by atoms with Gasteiger partial charge in [-0.2, -0.15) is 5.16 Å². The normalized spacial score (nSPS) is 11.3. The van der Waals surface area contributed by atoms with Gasteiger partial charge in [0.2, 0.25) is 0 Å². The summed E-state index contributed by atoms with van der Waals surface area (Å²) in [6, 6.07) is 10.8. The van der Waals surface area contributed by atoms with E-state index in [0.717, 1.165) is 29.8 Å². The molecular formula is C40H62Fe2N7O7S4+3. The molecule has 0 aliphatic heterocycles. The molecule has 0 unspecified atom stereocenters. The Morgan fingerprint density at radius 3 is 0.833 bits per heavy atom. The van der Waals surface area contributed by atoms with Gasteiger partial charge in [0, 0.05) is 13.1 Å². The maximum absolute atomic E-state index is 13.2. The molecule has 3 aromatic carbocycles. The van der Waals surface area contributed by atoms with Gasteiger partial charge in [-0.3, -0.25) is 0 Å². The van der Waals surface area contributed by atoms with E-state index in [1.54, 1.807) is 82.8 Å². The minimum atomic E-state index is -3.96. The van der Waals surface area contributed by atoms with Gasteiger partial charge in [0.15, 0.2) is 0 Å². The van der Waals surface area contributed by atoms with E-state index in [9.17, 15) is 25.3 Å². The van der Waals surface area contributed by atoms with Crippen molar-refractivity contribution in [1.82, 2.24) is 14.7 Å². The van der Waals surface area contributed by atoms with Gasteiger partial charge in [-0.25, -0.2) is 25.3 Å². The number of benzene rings is 3. The Hall–Kier alpha value is -1.93. The van der Waals surface area contributed by atoms with Gasteiger partial charge in [0.1, 0.15) is 30.1 Å². The first-order valence-electron chi connectivity index (χ1n) is 18.4. The van der Waals surface area contributed by atoms with E-state index in [4.69, 9.17) is 5.41 Å². The minimum absolute atomic E-state index is 0. The number of sulfonamides is 3. The molecule has 0 aliphatic carbocycles. The summed E-state index contributed by atoms with van der Waals surface area (Å²) < 4.78 is 91.1. The Labute approximate surface area is 388 Å². The Bertz CT molecular complexity index is 1880. The molecular weight excluding hydrogens is 930 g/mol. The first-order valence-corrected chi connectivity index (χ1v) is 23.1. The average Bonchev–Trinajstić information content (AvgIpc) is 3.02. The van der Waals surface area contributed by atoms with Crippen molar-refractivity contribution < 1.29 is 64.9 Å². The molecule has 0 aromatic heterocycles. The number of hydrogen-bond donors (Lipinski definition) is 0. The number of hydrogen-bond acceptors (Lipinski definition) is 11. The molecule has 0 aliphatic rings. The summed E-state index contributed by atoms with van der Waals surface area (Å²) in [6.07, 6.45) is 0. The smallest absolute Gasteiger partial charge is 0.870 e. The maximum atomic E-state index is 13.2. The molecule has 0 spiro atoms. The molecule has 336 valence electrons. The summed E-state index contributed by atoms with van der Waals surface area (Å²) in [5, 5.41) is 8.47. The molecule has 0 amide bonds. The van der Waals surface area contributed by atoms with Crippen molar-refractivity contribution in [3.8, 4) is 0 Å². The van der Waals surface area contributed by atoms with Crippen LogP contribution in [0, 0.1) is 62.3 Å². The van der Waals surface area contributed by atoms with Gasteiger partial charge in [0.05, 0.1) is 14.7 Å². The van der Waals surface area contributed by atoms with Crippen LogP contribution in [0.4, 0.5) is 0 Å². The summed E-state index contributed by atoms with van der Waals surface area (Å²) in [5.41, 5.74) is 6.48. The third kappa shape index (κ3) is 21.0. The summed E-state index contributed by atoms with van der Waals surface area (Å²) in [7, 11) is -3.53. The maximum Gasteiger partial charge on any atom is 4.00 e. The van der Waals surface area contributed by atoms with E-state index in [-0.39, 0.29) is 93.6 Å². The second-order valence-corrected chi connectivity index (χ2v) is 19.7. The van der Waals surface area contributed by atoms with Gasteiger partial charge in [-0.1, -0.05) is 65.3 Å². The van der Waals surface area contributed by atoms with Crippen LogP contribution in [0.2, 0.25) is 0 Å². The quantitative estimate of drug-likeness (QED) is 0.0725. The van der Waals surface area contributed by atoms with E-state index in [1.807, 2.05) is 20.8 Å². The molecule has 14 nitrogen and oxygen atoms in total. The van der Waals surface area contributed by atoms with Crippen molar-refractivity contribution in [3.63, 3.8) is 0 Å². The third-order valence-corrected chi connectivity index (χ3v) is 13.7. The zero-order valence-electron chi connectivity index (χ0n) is 37.0. The Morgan fingerprint density at radius 1 is 0.483 bits per heavy atom. The largest absolute Gasteiger partial charge is 4.00 e. The van der Waals surface area contributed by atoms with Crippen molar-refractivity contribution in [3.05, 3.63) is 106 Å². The Balaban J connectivity index is -0.00000205. The number of likely N-dealkylation sites (N-methyl/N-ethyl adjacent to an activating group) is 2. The molecule has 0 fully saturated rings. The van der Waals surface area contributed by atoms with Crippen LogP contribution in [-0.4, -0.2) is 131 Å². The number of thiocarbonyl (C=S) groups is 1. The molecule has 0 heterocycles. The SMILES string of the molecule is CN(C)CCN(C)C.Cc1cc(C)c(S(=O)(=O)[N-]CCN(CC[N-]S(=O)(=O)c2c(C)cc(C)cc2C)CC[N-]S(=O)(=O)c2c(C)cc(C)cc2C)c(C)c1.[Fe+4].[Fe+4].[N-]=C=S.[OH-]. The fraction of sp³-hybridized carbons (Fsp3) is 0.525. The number of isothiocyanates is 1. The van der Waals surface area contributed by atoms with Crippen LogP contribution in [0.25, 0.3) is 19.6 Å². The second-order valence-electron chi connectivity index (χ2n) is 14.7. The summed E-state index contributed by atoms with van der Waals surface area (Å²) in [5.74, 6) is 0. The van der Waals surface area contributed by atoms with Crippen LogP contribution >= 0.6 is 12.2 Å². The van der Waals surface area contributed by atoms with Crippen molar-refractivity contribution in [2.24, 2.45) is 0 Å². The predicted octanol–water partition coefficient (Wildman–Crippen LogP) is 6.94. The average molecular weight is 993 g/mol. The Kier molecular flexibility index (Phi) is 29.8. The zero-order valence-corrected chi connectivity index (χ0v) is 42.5. The third-order valence-electron chi connectivity index (χ3n) is 8.61. The van der Waals surface area contributed by atoms with Gasteiger partial charge in [-0.05, 0) is 144 Å². The monoisotopic (exact) mass is 992 g/mol. The van der Waals surface area contributed by atoms with Crippen LogP contribution < -0.4 is 0 Å². The summed E-state index contributed by atoms with van der Waals surface area (Å²) >= 11 is 3.70. The van der Waals surface area contributed by atoms with Crippen molar-refractivity contribution in [2.45, 2.75) is 77.0 Å². The van der Waals surface area contributed by atoms with E-state index < -0.39 is 30.1 Å². The number of aryl methyl sites for hydroxylation is 9. The van der Waals surface area contributed by atoms with Crippen LogP contribution in [0.5, 0.6) is 0 Å². The molecule has 3 aromatic rings. The zero-order chi connectivity index (χ0) is 43.9. The minimum Gasteiger partial charge on any atom is -0.870 e. The molecule has 0 saturated carbocycles. The Morgan fingerprint density at radius 2 is 0.667 bits per heavy atom. The van der Waals surface area contributed by atoms with Gasteiger partial charge >= 0.3 is 34.1 Å². The fourth-order valence-electron chi connectivity index (χ4n) is 6.56. The molecule has 3 rings (SSSR count). The molecule has 20 heteroatoms. The van der Waals surface area contributed by atoms with Gasteiger partial charge < -0.3 is 39.8 Å². The van der Waals surface area contributed by atoms with E-state index in [2.05, 4.69) is 64.4 Å². The molecule has 0 bridgehead atoms. The number of rotatable bonds is 18. The van der Waals surface area contributed by atoms with Crippen LogP contribution in [0.1, 0.15) is 50.1 Å². The topological polar surface area (TPSA) is 207 Å².